The highest BCUT2D eigenvalue weighted by Gasteiger charge is 2.10. The summed E-state index contributed by atoms with van der Waals surface area (Å²) in [7, 11) is 0. The van der Waals surface area contributed by atoms with Crippen LogP contribution >= 0.6 is 22.6 Å². The lowest BCUT2D eigenvalue weighted by atomic mass is 10.1. The van der Waals surface area contributed by atoms with Crippen molar-refractivity contribution in [2.45, 2.75) is 0 Å². The van der Waals surface area contributed by atoms with Crippen LogP contribution in [0, 0.1) is 3.57 Å². The Bertz CT molecular complexity index is 1180. The first-order chi connectivity index (χ1) is 14.1. The molecule has 29 heavy (non-hydrogen) atoms. The number of carbonyl (C=O) groups excluding carboxylic acids is 2. The number of carbonyl (C=O) groups is 2. The van der Waals surface area contributed by atoms with Gasteiger partial charge in [-0.05, 0) is 82.6 Å². The molecule has 4 aromatic carbocycles. The van der Waals surface area contributed by atoms with Crippen molar-refractivity contribution in [3.8, 4) is 0 Å². The quantitative estimate of drug-likeness (QED) is 0.346. The predicted octanol–water partition coefficient (Wildman–Crippen LogP) is 5.95. The maximum absolute atomic E-state index is 12.6. The molecule has 142 valence electrons. The highest BCUT2D eigenvalue weighted by molar-refractivity contribution is 14.1. The van der Waals surface area contributed by atoms with Gasteiger partial charge >= 0.3 is 0 Å². The fourth-order valence-corrected chi connectivity index (χ4v) is 3.40. The normalized spacial score (nSPS) is 10.5. The van der Waals surface area contributed by atoms with Crippen LogP contribution in [0.2, 0.25) is 0 Å². The van der Waals surface area contributed by atoms with Gasteiger partial charge in [0.25, 0.3) is 11.8 Å². The molecule has 4 aromatic rings. The first-order valence-corrected chi connectivity index (χ1v) is 10.1. The smallest absolute Gasteiger partial charge is 0.255 e. The molecule has 0 bridgehead atoms. The van der Waals surface area contributed by atoms with Gasteiger partial charge in [0.05, 0.1) is 0 Å². The van der Waals surface area contributed by atoms with E-state index in [0.717, 1.165) is 20.0 Å². The molecule has 0 heterocycles. The van der Waals surface area contributed by atoms with Crippen LogP contribution in [0.3, 0.4) is 0 Å². The largest absolute Gasteiger partial charge is 0.322 e. The fraction of sp³-hybridized carbons (Fsp3) is 0. The molecule has 2 N–H and O–H groups in total. The van der Waals surface area contributed by atoms with Crippen molar-refractivity contribution in [2.24, 2.45) is 0 Å². The van der Waals surface area contributed by atoms with E-state index in [1.807, 2.05) is 54.6 Å². The van der Waals surface area contributed by atoms with E-state index in [0.29, 0.717) is 16.8 Å². The van der Waals surface area contributed by atoms with Crippen molar-refractivity contribution in [2.75, 3.05) is 10.6 Å². The molecule has 0 radical (unpaired) electrons. The van der Waals surface area contributed by atoms with Gasteiger partial charge in [-0.3, -0.25) is 9.59 Å². The molecule has 4 rings (SSSR count). The Morgan fingerprint density at radius 3 is 1.93 bits per heavy atom. The number of rotatable bonds is 4. The molecule has 2 amide bonds. The Balaban J connectivity index is 1.46. The summed E-state index contributed by atoms with van der Waals surface area (Å²) in [5.74, 6) is -0.383. The summed E-state index contributed by atoms with van der Waals surface area (Å²) in [6.45, 7) is 0. The SMILES string of the molecule is O=C(Nc1ccc(C(=O)Nc2cccc3ccccc23)cc1)c1ccc(I)cc1. The lowest BCUT2D eigenvalue weighted by Gasteiger charge is -2.10. The molecule has 5 heteroatoms. The molecule has 0 aliphatic rings. The van der Waals surface area contributed by atoms with Gasteiger partial charge < -0.3 is 10.6 Å². The van der Waals surface area contributed by atoms with Crippen LogP contribution in [-0.2, 0) is 0 Å². The van der Waals surface area contributed by atoms with Gasteiger partial charge in [-0.25, -0.2) is 0 Å². The van der Waals surface area contributed by atoms with Crippen LogP contribution in [0.15, 0.2) is 91.0 Å². The average Bonchev–Trinajstić information content (AvgIpc) is 2.75. The second-order valence-corrected chi connectivity index (χ2v) is 7.76. The summed E-state index contributed by atoms with van der Waals surface area (Å²) >= 11 is 2.20. The maximum atomic E-state index is 12.6. The summed E-state index contributed by atoms with van der Waals surface area (Å²) in [6.07, 6.45) is 0. The standard InChI is InChI=1S/C24H17IN2O2/c25-19-12-8-17(9-13-19)23(28)26-20-14-10-18(11-15-20)24(29)27-22-7-3-5-16-4-1-2-6-21(16)22/h1-15H,(H,26,28)(H,27,29). The van der Waals surface area contributed by atoms with Gasteiger partial charge in [-0.15, -0.1) is 0 Å². The molecule has 0 fully saturated rings. The molecular formula is C24H17IN2O2. The summed E-state index contributed by atoms with van der Waals surface area (Å²) in [6, 6.07) is 27.9. The summed E-state index contributed by atoms with van der Waals surface area (Å²) < 4.78 is 1.07. The number of nitrogens with one attached hydrogen (secondary N) is 2. The highest BCUT2D eigenvalue weighted by atomic mass is 127. The van der Waals surface area contributed by atoms with Gasteiger partial charge in [-0.1, -0.05) is 36.4 Å². The number of halogens is 1. The molecule has 0 atom stereocenters. The monoisotopic (exact) mass is 492 g/mol. The number of benzene rings is 4. The van der Waals surface area contributed by atoms with Crippen LogP contribution in [-0.4, -0.2) is 11.8 Å². The van der Waals surface area contributed by atoms with Gasteiger partial charge in [0.1, 0.15) is 0 Å². The summed E-state index contributed by atoms with van der Waals surface area (Å²) in [4.78, 5) is 25.0. The molecule has 0 saturated carbocycles. The third kappa shape index (κ3) is 4.46. The minimum absolute atomic E-state index is 0.186. The Morgan fingerprint density at radius 2 is 1.21 bits per heavy atom. The van der Waals surface area contributed by atoms with Crippen LogP contribution in [0.4, 0.5) is 11.4 Å². The van der Waals surface area contributed by atoms with E-state index in [9.17, 15) is 9.59 Å². The van der Waals surface area contributed by atoms with E-state index in [2.05, 4.69) is 33.2 Å². The minimum Gasteiger partial charge on any atom is -0.322 e. The van der Waals surface area contributed by atoms with Crippen LogP contribution < -0.4 is 10.6 Å². The minimum atomic E-state index is -0.197. The van der Waals surface area contributed by atoms with Crippen molar-refractivity contribution in [3.05, 3.63) is 106 Å². The zero-order valence-corrected chi connectivity index (χ0v) is 17.5. The van der Waals surface area contributed by atoms with Crippen LogP contribution in [0.1, 0.15) is 20.7 Å². The lowest BCUT2D eigenvalue weighted by Crippen LogP contribution is -2.14. The van der Waals surface area contributed by atoms with Crippen molar-refractivity contribution < 1.29 is 9.59 Å². The van der Waals surface area contributed by atoms with Gasteiger partial charge in [0.15, 0.2) is 0 Å². The first-order valence-electron chi connectivity index (χ1n) is 9.06. The lowest BCUT2D eigenvalue weighted by molar-refractivity contribution is 0.102. The molecule has 0 aliphatic heterocycles. The molecule has 0 unspecified atom stereocenters. The predicted molar refractivity (Wildman–Crippen MR) is 125 cm³/mol. The molecule has 0 aliphatic carbocycles. The zero-order chi connectivity index (χ0) is 20.2. The van der Waals surface area contributed by atoms with Gasteiger partial charge in [-0.2, -0.15) is 0 Å². The first kappa shape index (κ1) is 19.1. The van der Waals surface area contributed by atoms with E-state index in [-0.39, 0.29) is 11.8 Å². The highest BCUT2D eigenvalue weighted by Crippen LogP contribution is 2.23. The van der Waals surface area contributed by atoms with Crippen LogP contribution in [0.25, 0.3) is 10.8 Å². The van der Waals surface area contributed by atoms with Crippen molar-refractivity contribution in [1.29, 1.82) is 0 Å². The average molecular weight is 492 g/mol. The molecule has 0 saturated heterocycles. The Kier molecular flexibility index (Phi) is 5.57. The van der Waals surface area contributed by atoms with Gasteiger partial charge in [0.2, 0.25) is 0 Å². The molecular weight excluding hydrogens is 475 g/mol. The van der Waals surface area contributed by atoms with Crippen LogP contribution in [0.5, 0.6) is 0 Å². The number of anilines is 2. The van der Waals surface area contributed by atoms with E-state index < -0.39 is 0 Å². The second kappa shape index (κ2) is 8.45. The Hall–Kier alpha value is -3.19. The molecule has 4 nitrogen and oxygen atoms in total. The van der Waals surface area contributed by atoms with Crippen molar-refractivity contribution in [1.82, 2.24) is 0 Å². The third-order valence-corrected chi connectivity index (χ3v) is 5.27. The topological polar surface area (TPSA) is 58.2 Å². The van der Waals surface area contributed by atoms with Crippen molar-refractivity contribution >= 4 is 56.6 Å². The second-order valence-electron chi connectivity index (χ2n) is 6.52. The molecule has 0 aromatic heterocycles. The number of fused-ring (bicyclic) bond motifs is 1. The summed E-state index contributed by atoms with van der Waals surface area (Å²) in [5, 5.41) is 7.87. The summed E-state index contributed by atoms with van der Waals surface area (Å²) in [5.41, 5.74) is 2.51. The van der Waals surface area contributed by atoms with E-state index in [1.165, 1.54) is 0 Å². The Labute approximate surface area is 182 Å². The van der Waals surface area contributed by atoms with E-state index >= 15 is 0 Å². The third-order valence-electron chi connectivity index (χ3n) is 4.55. The molecule has 0 spiro atoms. The fourth-order valence-electron chi connectivity index (χ4n) is 3.04. The number of hydrogen-bond donors (Lipinski definition) is 2. The van der Waals surface area contributed by atoms with E-state index in [4.69, 9.17) is 0 Å². The van der Waals surface area contributed by atoms with E-state index in [1.54, 1.807) is 36.4 Å². The number of amides is 2. The Morgan fingerprint density at radius 1 is 0.621 bits per heavy atom. The zero-order valence-electron chi connectivity index (χ0n) is 15.4. The number of hydrogen-bond acceptors (Lipinski definition) is 2. The van der Waals surface area contributed by atoms with Gasteiger partial charge in [0, 0.05) is 31.5 Å². The maximum Gasteiger partial charge on any atom is 0.255 e. The van der Waals surface area contributed by atoms with Crippen molar-refractivity contribution in [3.63, 3.8) is 0 Å².